The van der Waals surface area contributed by atoms with E-state index in [4.69, 9.17) is 27.9 Å². The first-order valence-electron chi connectivity index (χ1n) is 6.09. The van der Waals surface area contributed by atoms with Crippen molar-refractivity contribution in [2.75, 3.05) is 6.61 Å². The maximum Gasteiger partial charge on any atom is 0.174 e. The van der Waals surface area contributed by atoms with Crippen LogP contribution in [0.15, 0.2) is 12.1 Å². The lowest BCUT2D eigenvalue weighted by Gasteiger charge is -2.18. The van der Waals surface area contributed by atoms with Crippen LogP contribution in [-0.4, -0.2) is 49.8 Å². The summed E-state index contributed by atoms with van der Waals surface area (Å²) in [5, 5.41) is 29.9. The predicted octanol–water partition coefficient (Wildman–Crippen LogP) is 1.56. The highest BCUT2D eigenvalue weighted by Gasteiger charge is 2.44. The Morgan fingerprint density at radius 3 is 2.52 bits per heavy atom. The van der Waals surface area contributed by atoms with Crippen molar-refractivity contribution < 1.29 is 20.1 Å². The molecule has 3 rings (SSSR count). The molecule has 1 saturated heterocycles. The topological polar surface area (TPSA) is 87.7 Å². The molecule has 1 aliphatic rings. The second kappa shape index (κ2) is 5.80. The number of hydrogen-bond acceptors (Lipinski definition) is 5. The molecule has 1 aromatic heterocycles. The fraction of sp³-hybridized carbons (Fsp3) is 0.417. The van der Waals surface area contributed by atoms with Crippen molar-refractivity contribution in [3.63, 3.8) is 0 Å². The number of aliphatic hydroxyl groups excluding tert-OH is 3. The second-order valence-electron chi connectivity index (χ2n) is 4.73. The average Bonchev–Trinajstić information content (AvgIpc) is 2.89. The van der Waals surface area contributed by atoms with Gasteiger partial charge in [-0.2, -0.15) is 0 Å². The molecule has 114 valence electrons. The summed E-state index contributed by atoms with van der Waals surface area (Å²) < 4.78 is 7.71. The largest absolute Gasteiger partial charge is 0.394 e. The van der Waals surface area contributed by atoms with Crippen LogP contribution in [0, 0.1) is 3.83 Å². The number of ether oxygens (including phenoxy) is 1. The SMILES string of the molecule is OCC1OC(n2c(I)nc3cc(Cl)c(Cl)cc32)C(O)C1O. The molecule has 0 radical (unpaired) electrons. The lowest BCUT2D eigenvalue weighted by atomic mass is 10.1. The summed E-state index contributed by atoms with van der Waals surface area (Å²) in [6.07, 6.45) is -4.05. The number of rotatable bonds is 2. The number of aliphatic hydroxyl groups is 3. The van der Waals surface area contributed by atoms with Crippen molar-refractivity contribution in [2.24, 2.45) is 0 Å². The highest BCUT2D eigenvalue weighted by Crippen LogP contribution is 2.36. The molecule has 1 aliphatic heterocycles. The molecule has 1 aromatic carbocycles. The summed E-state index contributed by atoms with van der Waals surface area (Å²) in [5.41, 5.74) is 1.23. The smallest absolute Gasteiger partial charge is 0.174 e. The van der Waals surface area contributed by atoms with Gasteiger partial charge in [0, 0.05) is 22.6 Å². The van der Waals surface area contributed by atoms with E-state index < -0.39 is 24.5 Å². The van der Waals surface area contributed by atoms with Crippen molar-refractivity contribution in [1.82, 2.24) is 9.55 Å². The Hall–Kier alpha value is -0.160. The van der Waals surface area contributed by atoms with Gasteiger partial charge in [0.2, 0.25) is 0 Å². The zero-order valence-electron chi connectivity index (χ0n) is 10.4. The van der Waals surface area contributed by atoms with E-state index in [1.165, 1.54) is 0 Å². The monoisotopic (exact) mass is 444 g/mol. The number of fused-ring (bicyclic) bond motifs is 1. The van der Waals surface area contributed by atoms with Crippen molar-refractivity contribution in [2.45, 2.75) is 24.5 Å². The van der Waals surface area contributed by atoms with E-state index in [0.29, 0.717) is 24.9 Å². The van der Waals surface area contributed by atoms with Gasteiger partial charge >= 0.3 is 0 Å². The van der Waals surface area contributed by atoms with Crippen LogP contribution < -0.4 is 0 Å². The summed E-state index contributed by atoms with van der Waals surface area (Å²) in [4.78, 5) is 4.34. The van der Waals surface area contributed by atoms with E-state index in [1.807, 2.05) is 22.6 Å². The molecular weight excluding hydrogens is 434 g/mol. The molecule has 0 spiro atoms. The van der Waals surface area contributed by atoms with Crippen LogP contribution >= 0.6 is 45.8 Å². The number of aromatic nitrogens is 2. The van der Waals surface area contributed by atoms with E-state index in [-0.39, 0.29) is 6.61 Å². The molecule has 2 heterocycles. The first-order chi connectivity index (χ1) is 9.93. The van der Waals surface area contributed by atoms with Crippen molar-refractivity contribution >= 4 is 56.8 Å². The highest BCUT2D eigenvalue weighted by atomic mass is 127. The molecule has 3 N–H and O–H groups in total. The molecule has 9 heteroatoms. The first kappa shape index (κ1) is 15.7. The van der Waals surface area contributed by atoms with Crippen LogP contribution in [0.5, 0.6) is 0 Å². The van der Waals surface area contributed by atoms with E-state index in [9.17, 15) is 15.3 Å². The Kier molecular flexibility index (Phi) is 4.34. The van der Waals surface area contributed by atoms with E-state index in [2.05, 4.69) is 4.98 Å². The molecule has 4 atom stereocenters. The third kappa shape index (κ3) is 2.54. The molecule has 0 saturated carbocycles. The van der Waals surface area contributed by atoms with Gasteiger partial charge in [-0.3, -0.25) is 4.57 Å². The normalized spacial score (nSPS) is 29.4. The molecule has 2 aromatic rings. The molecule has 0 aliphatic carbocycles. The third-order valence-electron chi connectivity index (χ3n) is 3.46. The van der Waals surface area contributed by atoms with Gasteiger partial charge in [0.15, 0.2) is 10.1 Å². The van der Waals surface area contributed by atoms with Crippen molar-refractivity contribution in [3.05, 3.63) is 26.0 Å². The van der Waals surface area contributed by atoms with Crippen LogP contribution in [0.3, 0.4) is 0 Å². The van der Waals surface area contributed by atoms with Gasteiger partial charge in [-0.25, -0.2) is 4.98 Å². The summed E-state index contributed by atoms with van der Waals surface area (Å²) in [7, 11) is 0. The summed E-state index contributed by atoms with van der Waals surface area (Å²) in [5.74, 6) is 0. The first-order valence-corrected chi connectivity index (χ1v) is 7.92. The van der Waals surface area contributed by atoms with Gasteiger partial charge < -0.3 is 20.1 Å². The molecule has 6 nitrogen and oxygen atoms in total. The highest BCUT2D eigenvalue weighted by molar-refractivity contribution is 14.1. The van der Waals surface area contributed by atoms with Crippen LogP contribution in [0.1, 0.15) is 6.23 Å². The van der Waals surface area contributed by atoms with Crippen LogP contribution in [0.4, 0.5) is 0 Å². The Labute approximate surface area is 143 Å². The molecule has 0 amide bonds. The maximum atomic E-state index is 10.1. The number of nitrogens with zero attached hydrogens (tertiary/aromatic N) is 2. The Morgan fingerprint density at radius 2 is 1.90 bits per heavy atom. The lowest BCUT2D eigenvalue weighted by Crippen LogP contribution is -2.33. The lowest BCUT2D eigenvalue weighted by molar-refractivity contribution is -0.0520. The molecule has 1 fully saturated rings. The average molecular weight is 445 g/mol. The maximum absolute atomic E-state index is 10.1. The minimum absolute atomic E-state index is 0.355. The van der Waals surface area contributed by atoms with Gasteiger partial charge in [0.25, 0.3) is 0 Å². The predicted molar refractivity (Wildman–Crippen MR) is 85.5 cm³/mol. The van der Waals surface area contributed by atoms with E-state index in [1.54, 1.807) is 16.7 Å². The minimum Gasteiger partial charge on any atom is -0.394 e. The molecule has 4 unspecified atom stereocenters. The van der Waals surface area contributed by atoms with Crippen LogP contribution in [0.2, 0.25) is 10.0 Å². The van der Waals surface area contributed by atoms with Crippen LogP contribution in [0.25, 0.3) is 11.0 Å². The fourth-order valence-electron chi connectivity index (χ4n) is 2.40. The number of benzene rings is 1. The molecular formula is C12H11Cl2IN2O4. The zero-order chi connectivity index (χ0) is 15.3. The Morgan fingerprint density at radius 1 is 1.24 bits per heavy atom. The Balaban J connectivity index is 2.12. The molecule has 0 bridgehead atoms. The Bertz CT molecular complexity index is 695. The number of hydrogen-bond donors (Lipinski definition) is 3. The summed E-state index contributed by atoms with van der Waals surface area (Å²) in [6.45, 7) is -0.384. The summed E-state index contributed by atoms with van der Waals surface area (Å²) in [6, 6.07) is 3.25. The van der Waals surface area contributed by atoms with Gasteiger partial charge in [-0.15, -0.1) is 0 Å². The standard InChI is InChI=1S/C12H11Cl2IN2O4/c13-4-1-6-7(2-5(4)14)17(12(15)16-6)11-10(20)9(19)8(3-18)21-11/h1-2,8-11,18-20H,3H2. The van der Waals surface area contributed by atoms with E-state index >= 15 is 0 Å². The fourth-order valence-corrected chi connectivity index (χ4v) is 3.51. The zero-order valence-corrected chi connectivity index (χ0v) is 14.1. The van der Waals surface area contributed by atoms with Gasteiger partial charge in [0.1, 0.15) is 18.3 Å². The number of halogens is 3. The van der Waals surface area contributed by atoms with Crippen molar-refractivity contribution in [3.8, 4) is 0 Å². The minimum atomic E-state index is -1.18. The van der Waals surface area contributed by atoms with Gasteiger partial charge in [-0.1, -0.05) is 23.2 Å². The quantitative estimate of drug-likeness (QED) is 0.612. The number of imidazole rings is 1. The van der Waals surface area contributed by atoms with Gasteiger partial charge in [0.05, 0.1) is 27.7 Å². The third-order valence-corrected chi connectivity index (χ3v) is 4.94. The van der Waals surface area contributed by atoms with Gasteiger partial charge in [-0.05, 0) is 12.1 Å². The molecule has 21 heavy (non-hydrogen) atoms. The summed E-state index contributed by atoms with van der Waals surface area (Å²) >= 11 is 14.0. The van der Waals surface area contributed by atoms with Crippen molar-refractivity contribution in [1.29, 1.82) is 0 Å². The second-order valence-corrected chi connectivity index (χ2v) is 6.51. The van der Waals surface area contributed by atoms with E-state index in [0.717, 1.165) is 0 Å². The van der Waals surface area contributed by atoms with Crippen LogP contribution in [-0.2, 0) is 4.74 Å².